The summed E-state index contributed by atoms with van der Waals surface area (Å²) in [6, 6.07) is 11.6. The first-order chi connectivity index (χ1) is 14.3. The van der Waals surface area contributed by atoms with E-state index >= 15 is 0 Å². The Morgan fingerprint density at radius 3 is 1.97 bits per heavy atom. The lowest BCUT2D eigenvalue weighted by atomic mass is 10.0. The molecule has 1 aromatic carbocycles. The molecule has 0 spiro atoms. The molecule has 0 radical (unpaired) electrons. The maximum atomic E-state index is 12.1. The van der Waals surface area contributed by atoms with Crippen LogP contribution in [0.25, 0.3) is 0 Å². The molecule has 8 heteroatoms. The van der Waals surface area contributed by atoms with Gasteiger partial charge in [-0.15, -0.1) is 0 Å². The van der Waals surface area contributed by atoms with Gasteiger partial charge >= 0.3 is 5.97 Å². The Bertz CT molecular complexity index is 1060. The third-order valence-electron chi connectivity index (χ3n) is 4.08. The molecule has 0 fully saturated rings. The molecule has 3 aromatic rings. The first kappa shape index (κ1) is 22.8. The molecule has 0 saturated carbocycles. The summed E-state index contributed by atoms with van der Waals surface area (Å²) in [4.78, 5) is 50.5. The van der Waals surface area contributed by atoms with Gasteiger partial charge in [-0.2, -0.15) is 0 Å². The van der Waals surface area contributed by atoms with E-state index in [9.17, 15) is 19.2 Å². The van der Waals surface area contributed by atoms with Crippen LogP contribution in [-0.2, 0) is 6.42 Å². The van der Waals surface area contributed by atoms with E-state index in [-0.39, 0.29) is 11.5 Å². The Kier molecular flexibility index (Phi) is 8.25. The van der Waals surface area contributed by atoms with Crippen LogP contribution in [0.3, 0.4) is 0 Å². The van der Waals surface area contributed by atoms with E-state index in [0.29, 0.717) is 35.8 Å². The second-order valence-corrected chi connectivity index (χ2v) is 6.97. The number of ketones is 1. The molecule has 0 aliphatic heterocycles. The molecule has 152 valence electrons. The summed E-state index contributed by atoms with van der Waals surface area (Å²) in [5.74, 6) is -1.15. The number of carboxylic acid groups (broad SMARTS) is 1. The summed E-state index contributed by atoms with van der Waals surface area (Å²) in [6.45, 7) is 1.97. The van der Waals surface area contributed by atoms with Gasteiger partial charge in [0.15, 0.2) is 18.4 Å². The minimum atomic E-state index is -1.09. The van der Waals surface area contributed by atoms with Crippen molar-refractivity contribution in [2.45, 2.75) is 13.3 Å². The number of carbonyl (C=O) groups excluding carboxylic acids is 3. The summed E-state index contributed by atoms with van der Waals surface area (Å²) in [5, 5.41) is 8.40. The number of nitrogens with zero attached hydrogens (tertiary/aromatic N) is 2. The van der Waals surface area contributed by atoms with Gasteiger partial charge in [-0.3, -0.25) is 19.4 Å². The monoisotopic (exact) mass is 468 g/mol. The number of carboxylic acids is 1. The number of halogens is 1. The van der Waals surface area contributed by atoms with E-state index in [1.165, 1.54) is 24.5 Å². The van der Waals surface area contributed by atoms with Crippen molar-refractivity contribution in [1.29, 1.82) is 0 Å². The average Bonchev–Trinajstić information content (AvgIpc) is 2.77. The molecule has 0 saturated heterocycles. The van der Waals surface area contributed by atoms with Gasteiger partial charge in [0.05, 0.1) is 0 Å². The van der Waals surface area contributed by atoms with Gasteiger partial charge in [0.2, 0.25) is 0 Å². The highest BCUT2D eigenvalue weighted by Crippen LogP contribution is 2.20. The highest BCUT2D eigenvalue weighted by molar-refractivity contribution is 9.10. The first-order valence-corrected chi connectivity index (χ1v) is 9.48. The fourth-order valence-corrected chi connectivity index (χ4v) is 2.76. The average molecular weight is 469 g/mol. The van der Waals surface area contributed by atoms with Gasteiger partial charge in [0.25, 0.3) is 0 Å². The Morgan fingerprint density at radius 1 is 0.933 bits per heavy atom. The van der Waals surface area contributed by atoms with Crippen LogP contribution in [0.2, 0.25) is 0 Å². The van der Waals surface area contributed by atoms with Crippen molar-refractivity contribution in [1.82, 2.24) is 9.97 Å². The first-order valence-electron chi connectivity index (χ1n) is 8.68. The van der Waals surface area contributed by atoms with Crippen LogP contribution in [0.15, 0.2) is 59.3 Å². The van der Waals surface area contributed by atoms with Crippen LogP contribution in [0.1, 0.15) is 52.8 Å². The largest absolute Gasteiger partial charge is 0.477 e. The van der Waals surface area contributed by atoms with Crippen molar-refractivity contribution in [2.24, 2.45) is 0 Å². The Balaban J connectivity index is 0.000000248. The SMILES string of the molecule is Cc1c(Br)cccc1CC(=O)c1ccc(C=O)cn1.O=Cc1ccc(C(=O)O)nc1. The van der Waals surface area contributed by atoms with Gasteiger partial charge in [0.1, 0.15) is 11.4 Å². The second kappa shape index (κ2) is 10.9. The highest BCUT2D eigenvalue weighted by Gasteiger charge is 2.11. The van der Waals surface area contributed by atoms with Crippen molar-refractivity contribution >= 4 is 40.3 Å². The van der Waals surface area contributed by atoms with Crippen molar-refractivity contribution in [3.63, 3.8) is 0 Å². The molecule has 3 rings (SSSR count). The van der Waals surface area contributed by atoms with Gasteiger partial charge in [-0.1, -0.05) is 28.1 Å². The van der Waals surface area contributed by atoms with Crippen LogP contribution in [0, 0.1) is 6.92 Å². The number of aromatic nitrogens is 2. The van der Waals surface area contributed by atoms with Gasteiger partial charge < -0.3 is 5.11 Å². The van der Waals surface area contributed by atoms with Crippen LogP contribution in [-0.4, -0.2) is 39.4 Å². The predicted octanol–water partition coefficient (Wildman–Crippen LogP) is 3.98. The number of Topliss-reactive ketones (excluding diaryl/α,β-unsaturated/α-hetero) is 1. The van der Waals surface area contributed by atoms with Crippen LogP contribution in [0.5, 0.6) is 0 Å². The van der Waals surface area contributed by atoms with Crippen molar-refractivity contribution < 1.29 is 24.3 Å². The summed E-state index contributed by atoms with van der Waals surface area (Å²) in [6.07, 6.45) is 4.25. The lowest BCUT2D eigenvalue weighted by Crippen LogP contribution is -2.07. The zero-order valence-electron chi connectivity index (χ0n) is 15.9. The van der Waals surface area contributed by atoms with E-state index < -0.39 is 5.97 Å². The van der Waals surface area contributed by atoms with Crippen LogP contribution >= 0.6 is 15.9 Å². The summed E-state index contributed by atoms with van der Waals surface area (Å²) >= 11 is 3.45. The molecule has 2 heterocycles. The molecule has 0 aliphatic carbocycles. The molecule has 7 nitrogen and oxygen atoms in total. The third-order valence-corrected chi connectivity index (χ3v) is 4.94. The van der Waals surface area contributed by atoms with Crippen molar-refractivity contribution in [2.75, 3.05) is 0 Å². The minimum Gasteiger partial charge on any atom is -0.477 e. The number of benzene rings is 1. The van der Waals surface area contributed by atoms with E-state index in [2.05, 4.69) is 25.9 Å². The Hall–Kier alpha value is -3.52. The molecule has 0 aliphatic rings. The van der Waals surface area contributed by atoms with Crippen LogP contribution in [0.4, 0.5) is 0 Å². The Labute approximate surface area is 180 Å². The number of hydrogen-bond acceptors (Lipinski definition) is 6. The highest BCUT2D eigenvalue weighted by atomic mass is 79.9. The standard InChI is InChI=1S/C15H12BrNO2.C7H5NO3/c1-10-12(3-2-4-13(10)16)7-15(19)14-6-5-11(9-18)8-17-14;9-4-5-1-2-6(7(10)11)8-3-5/h2-6,8-9H,7H2,1H3;1-4H,(H,10,11). The smallest absolute Gasteiger partial charge is 0.354 e. The number of pyridine rings is 2. The molecule has 0 amide bonds. The topological polar surface area (TPSA) is 114 Å². The predicted molar refractivity (Wildman–Crippen MR) is 113 cm³/mol. The molecule has 0 unspecified atom stereocenters. The normalized spacial score (nSPS) is 9.80. The number of aromatic carboxylic acids is 1. The van der Waals surface area contributed by atoms with Gasteiger partial charge in [0, 0.05) is 34.4 Å². The maximum absolute atomic E-state index is 12.1. The van der Waals surface area contributed by atoms with E-state index in [1.54, 1.807) is 12.1 Å². The quantitative estimate of drug-likeness (QED) is 0.429. The lowest BCUT2D eigenvalue weighted by Gasteiger charge is -2.06. The van der Waals surface area contributed by atoms with Gasteiger partial charge in [-0.05, 0) is 48.4 Å². The summed E-state index contributed by atoms with van der Waals surface area (Å²) < 4.78 is 0.988. The molecule has 2 aromatic heterocycles. The van der Waals surface area contributed by atoms with Crippen LogP contribution < -0.4 is 0 Å². The molecule has 30 heavy (non-hydrogen) atoms. The number of rotatable bonds is 6. The van der Waals surface area contributed by atoms with Gasteiger partial charge in [-0.25, -0.2) is 9.78 Å². The number of aldehydes is 2. The lowest BCUT2D eigenvalue weighted by molar-refractivity contribution is 0.0689. The second-order valence-electron chi connectivity index (χ2n) is 6.12. The molecule has 0 atom stereocenters. The minimum absolute atomic E-state index is 0.0568. The molecular weight excluding hydrogens is 452 g/mol. The molecular formula is C22H17BrN2O5. The molecule has 0 bridgehead atoms. The maximum Gasteiger partial charge on any atom is 0.354 e. The molecule has 1 N–H and O–H groups in total. The van der Waals surface area contributed by atoms with Crippen molar-refractivity contribution in [3.05, 3.63) is 93.0 Å². The zero-order valence-corrected chi connectivity index (χ0v) is 17.5. The number of hydrogen-bond donors (Lipinski definition) is 1. The fourth-order valence-electron chi connectivity index (χ4n) is 2.35. The van der Waals surface area contributed by atoms with E-state index in [0.717, 1.165) is 15.6 Å². The number of carbonyl (C=O) groups is 4. The zero-order chi connectivity index (χ0) is 22.1. The summed E-state index contributed by atoms with van der Waals surface area (Å²) in [7, 11) is 0. The van der Waals surface area contributed by atoms with E-state index in [4.69, 9.17) is 5.11 Å². The third kappa shape index (κ3) is 6.25. The fraction of sp³-hybridized carbons (Fsp3) is 0.0909. The van der Waals surface area contributed by atoms with Crippen molar-refractivity contribution in [3.8, 4) is 0 Å². The Morgan fingerprint density at radius 2 is 1.50 bits per heavy atom. The van der Waals surface area contributed by atoms with E-state index in [1.807, 2.05) is 25.1 Å². The summed E-state index contributed by atoms with van der Waals surface area (Å²) in [5.41, 5.74) is 3.19.